The van der Waals surface area contributed by atoms with Gasteiger partial charge in [0, 0.05) is 6.54 Å². The van der Waals surface area contributed by atoms with Crippen molar-refractivity contribution >= 4 is 17.3 Å². The van der Waals surface area contributed by atoms with Crippen LogP contribution in [0.4, 0.5) is 18.9 Å². The largest absolute Gasteiger partial charge is 0.416 e. The van der Waals surface area contributed by atoms with E-state index in [9.17, 15) is 13.2 Å². The molecule has 0 spiro atoms. The summed E-state index contributed by atoms with van der Waals surface area (Å²) in [4.78, 5) is 0. The van der Waals surface area contributed by atoms with E-state index in [1.54, 1.807) is 0 Å². The van der Waals surface area contributed by atoms with E-state index in [0.717, 1.165) is 18.6 Å². The van der Waals surface area contributed by atoms with Crippen molar-refractivity contribution in [2.45, 2.75) is 19.5 Å². The summed E-state index contributed by atoms with van der Waals surface area (Å²) in [6.45, 7) is 2.52. The lowest BCUT2D eigenvalue weighted by Crippen LogP contribution is -2.07. The summed E-state index contributed by atoms with van der Waals surface area (Å²) in [6.07, 6.45) is -3.50. The second-order valence-corrected chi connectivity index (χ2v) is 3.53. The van der Waals surface area contributed by atoms with Gasteiger partial charge in [0.25, 0.3) is 0 Å². The molecule has 1 N–H and O–H groups in total. The fourth-order valence-corrected chi connectivity index (χ4v) is 1.28. The minimum Gasteiger partial charge on any atom is -0.384 e. The zero-order valence-electron chi connectivity index (χ0n) is 8.16. The molecule has 0 bridgehead atoms. The Hall–Kier alpha value is -0.900. The predicted molar refractivity (Wildman–Crippen MR) is 55.2 cm³/mol. The molecule has 0 saturated carbocycles. The maximum absolute atomic E-state index is 12.4. The Morgan fingerprint density at radius 1 is 1.33 bits per heavy atom. The molecule has 1 rings (SSSR count). The number of rotatable bonds is 3. The molecule has 0 aromatic heterocycles. The highest BCUT2D eigenvalue weighted by atomic mass is 35.5. The zero-order chi connectivity index (χ0) is 11.5. The molecule has 0 aliphatic carbocycles. The van der Waals surface area contributed by atoms with Crippen molar-refractivity contribution in [1.29, 1.82) is 0 Å². The number of halogens is 4. The molecule has 0 radical (unpaired) electrons. The van der Waals surface area contributed by atoms with E-state index in [0.29, 0.717) is 17.3 Å². The molecule has 0 fully saturated rings. The summed E-state index contributed by atoms with van der Waals surface area (Å²) in [5.41, 5.74) is -0.362. The van der Waals surface area contributed by atoms with Crippen LogP contribution in [0.2, 0.25) is 5.02 Å². The fourth-order valence-electron chi connectivity index (χ4n) is 1.10. The summed E-state index contributed by atoms with van der Waals surface area (Å²) in [5.74, 6) is 0. The molecule has 1 aromatic carbocycles. The molecule has 1 aromatic rings. The molecule has 0 aliphatic heterocycles. The van der Waals surface area contributed by atoms with Gasteiger partial charge in [-0.1, -0.05) is 18.5 Å². The number of hydrogen-bond donors (Lipinski definition) is 1. The van der Waals surface area contributed by atoms with Crippen LogP contribution in [-0.4, -0.2) is 6.54 Å². The second kappa shape index (κ2) is 4.75. The van der Waals surface area contributed by atoms with Gasteiger partial charge in [0.1, 0.15) is 0 Å². The lowest BCUT2D eigenvalue weighted by Gasteiger charge is -2.11. The zero-order valence-corrected chi connectivity index (χ0v) is 8.91. The van der Waals surface area contributed by atoms with Gasteiger partial charge >= 0.3 is 6.18 Å². The van der Waals surface area contributed by atoms with Gasteiger partial charge in [0.05, 0.1) is 16.3 Å². The first-order valence-electron chi connectivity index (χ1n) is 4.55. The number of nitrogens with one attached hydrogen (secondary N) is 1. The van der Waals surface area contributed by atoms with E-state index in [2.05, 4.69) is 5.32 Å². The molecular weight excluding hydrogens is 227 g/mol. The standard InChI is InChI=1S/C10H11ClF3N/c1-2-5-15-9-6-7(10(12,13)14)3-4-8(9)11/h3-4,6,15H,2,5H2,1H3. The summed E-state index contributed by atoms with van der Waals surface area (Å²) in [7, 11) is 0. The molecule has 0 amide bonds. The van der Waals surface area contributed by atoms with Gasteiger partial charge < -0.3 is 5.32 Å². The van der Waals surface area contributed by atoms with Gasteiger partial charge in [-0.05, 0) is 24.6 Å². The van der Waals surface area contributed by atoms with Crippen LogP contribution in [0.25, 0.3) is 0 Å². The average molecular weight is 238 g/mol. The van der Waals surface area contributed by atoms with Crippen LogP contribution in [0, 0.1) is 0 Å². The Morgan fingerprint density at radius 2 is 2.00 bits per heavy atom. The van der Waals surface area contributed by atoms with E-state index >= 15 is 0 Å². The Balaban J connectivity index is 2.95. The van der Waals surface area contributed by atoms with Crippen molar-refractivity contribution in [2.24, 2.45) is 0 Å². The first-order chi connectivity index (χ1) is 6.95. The highest BCUT2D eigenvalue weighted by molar-refractivity contribution is 6.33. The SMILES string of the molecule is CCCNc1cc(C(F)(F)F)ccc1Cl. The van der Waals surface area contributed by atoms with E-state index in [1.165, 1.54) is 6.07 Å². The fraction of sp³-hybridized carbons (Fsp3) is 0.400. The Morgan fingerprint density at radius 3 is 2.53 bits per heavy atom. The molecule has 0 atom stereocenters. The van der Waals surface area contributed by atoms with Crippen molar-refractivity contribution in [3.05, 3.63) is 28.8 Å². The number of hydrogen-bond acceptors (Lipinski definition) is 1. The second-order valence-electron chi connectivity index (χ2n) is 3.12. The van der Waals surface area contributed by atoms with Gasteiger partial charge in [-0.15, -0.1) is 0 Å². The normalized spacial score (nSPS) is 11.5. The third-order valence-corrected chi connectivity index (χ3v) is 2.19. The molecule has 5 heteroatoms. The van der Waals surface area contributed by atoms with E-state index in [1.807, 2.05) is 6.92 Å². The number of benzene rings is 1. The highest BCUT2D eigenvalue weighted by Crippen LogP contribution is 2.33. The maximum Gasteiger partial charge on any atom is 0.416 e. The summed E-state index contributed by atoms with van der Waals surface area (Å²) < 4.78 is 37.1. The predicted octanol–water partition coefficient (Wildman–Crippen LogP) is 4.18. The third-order valence-electron chi connectivity index (χ3n) is 1.86. The van der Waals surface area contributed by atoms with Crippen molar-refractivity contribution in [3.63, 3.8) is 0 Å². The first kappa shape index (κ1) is 12.2. The van der Waals surface area contributed by atoms with E-state index in [-0.39, 0.29) is 0 Å². The van der Waals surface area contributed by atoms with E-state index < -0.39 is 11.7 Å². The van der Waals surface area contributed by atoms with Crippen molar-refractivity contribution in [2.75, 3.05) is 11.9 Å². The van der Waals surface area contributed by atoms with Gasteiger partial charge in [-0.2, -0.15) is 13.2 Å². The number of anilines is 1. The molecule has 0 aliphatic rings. The Kier molecular flexibility index (Phi) is 3.85. The molecule has 15 heavy (non-hydrogen) atoms. The lowest BCUT2D eigenvalue weighted by molar-refractivity contribution is -0.137. The van der Waals surface area contributed by atoms with Gasteiger partial charge in [0.15, 0.2) is 0 Å². The summed E-state index contributed by atoms with van der Waals surface area (Å²) in [6, 6.07) is 3.25. The first-order valence-corrected chi connectivity index (χ1v) is 4.93. The van der Waals surface area contributed by atoms with Crippen LogP contribution < -0.4 is 5.32 Å². The van der Waals surface area contributed by atoms with Gasteiger partial charge in [0.2, 0.25) is 0 Å². The minimum absolute atomic E-state index is 0.302. The minimum atomic E-state index is -4.33. The van der Waals surface area contributed by atoms with Crippen LogP contribution in [0.1, 0.15) is 18.9 Å². The van der Waals surface area contributed by atoms with Crippen LogP contribution in [0.5, 0.6) is 0 Å². The monoisotopic (exact) mass is 237 g/mol. The smallest absolute Gasteiger partial charge is 0.384 e. The van der Waals surface area contributed by atoms with Crippen molar-refractivity contribution in [1.82, 2.24) is 0 Å². The topological polar surface area (TPSA) is 12.0 Å². The lowest BCUT2D eigenvalue weighted by atomic mass is 10.2. The van der Waals surface area contributed by atoms with E-state index in [4.69, 9.17) is 11.6 Å². The molecule has 84 valence electrons. The number of alkyl halides is 3. The Labute approximate surface area is 91.2 Å². The van der Waals surface area contributed by atoms with Crippen LogP contribution in [0.3, 0.4) is 0 Å². The van der Waals surface area contributed by atoms with Crippen LogP contribution >= 0.6 is 11.6 Å². The van der Waals surface area contributed by atoms with Crippen LogP contribution in [0.15, 0.2) is 18.2 Å². The van der Waals surface area contributed by atoms with Crippen molar-refractivity contribution < 1.29 is 13.2 Å². The average Bonchev–Trinajstić information content (AvgIpc) is 2.15. The van der Waals surface area contributed by atoms with Crippen molar-refractivity contribution in [3.8, 4) is 0 Å². The quantitative estimate of drug-likeness (QED) is 0.832. The summed E-state index contributed by atoms with van der Waals surface area (Å²) >= 11 is 5.75. The molecule has 0 unspecified atom stereocenters. The molecule has 0 heterocycles. The van der Waals surface area contributed by atoms with Crippen LogP contribution in [-0.2, 0) is 6.18 Å². The highest BCUT2D eigenvalue weighted by Gasteiger charge is 2.30. The summed E-state index contributed by atoms with van der Waals surface area (Å²) in [5, 5.41) is 3.15. The van der Waals surface area contributed by atoms with Gasteiger partial charge in [-0.25, -0.2) is 0 Å². The Bertz CT molecular complexity index is 336. The molecular formula is C10H11ClF3N. The maximum atomic E-state index is 12.4. The third kappa shape index (κ3) is 3.30. The van der Waals surface area contributed by atoms with Gasteiger partial charge in [-0.3, -0.25) is 0 Å². The molecule has 0 saturated heterocycles. The molecule has 1 nitrogen and oxygen atoms in total.